The fourth-order valence-electron chi connectivity index (χ4n) is 5.58. The molecule has 254 valence electrons. The van der Waals surface area contributed by atoms with Gasteiger partial charge in [-0.2, -0.15) is 0 Å². The van der Waals surface area contributed by atoms with E-state index in [9.17, 15) is 19.2 Å². The Morgan fingerprint density at radius 2 is 1.14 bits per heavy atom. The van der Waals surface area contributed by atoms with E-state index in [1.54, 1.807) is 121 Å². The summed E-state index contributed by atoms with van der Waals surface area (Å²) in [6.45, 7) is -0.365. The molecule has 4 atom stereocenters. The van der Waals surface area contributed by atoms with Gasteiger partial charge >= 0.3 is 17.9 Å². The molecule has 7 rings (SSSR count). The number of anilines is 1. The Labute approximate surface area is 290 Å². The zero-order valence-electron chi connectivity index (χ0n) is 26.8. The minimum absolute atomic E-state index is 0.129. The first kappa shape index (κ1) is 32.8. The van der Waals surface area contributed by atoms with E-state index >= 15 is 0 Å². The monoisotopic (exact) mass is 683 g/mol. The lowest BCUT2D eigenvalue weighted by Gasteiger charge is -2.25. The minimum atomic E-state index is -1.29. The van der Waals surface area contributed by atoms with E-state index in [4.69, 9.17) is 18.9 Å². The van der Waals surface area contributed by atoms with Gasteiger partial charge in [0, 0.05) is 5.56 Å². The highest BCUT2D eigenvalue weighted by Crippen LogP contribution is 2.37. The van der Waals surface area contributed by atoms with Gasteiger partial charge in [0.2, 0.25) is 0 Å². The van der Waals surface area contributed by atoms with Crippen molar-refractivity contribution in [2.75, 3.05) is 11.9 Å². The standard InChI is InChI=1S/C38H29N5O8/c44-34(24-13-5-1-6-14-24)42-32-29-33(40-22-39-32)43(23-41-29)35-31(51-38(47)27-19-11-4-12-20-27)30(50-37(46)26-17-9-3-10-18-26)28(49-35)21-48-36(45)25-15-7-2-8-16-25/h1-20,22-23,28,30-31,35H,21H2,(H,39,40,42,44). The van der Waals surface area contributed by atoms with E-state index in [0.717, 1.165) is 0 Å². The summed E-state index contributed by atoms with van der Waals surface area (Å²) in [7, 11) is 0. The highest BCUT2D eigenvalue weighted by atomic mass is 16.7. The average Bonchev–Trinajstić information content (AvgIpc) is 3.76. The molecule has 6 aromatic rings. The van der Waals surface area contributed by atoms with Crippen LogP contribution in [0.4, 0.5) is 5.82 Å². The quantitative estimate of drug-likeness (QED) is 0.148. The van der Waals surface area contributed by atoms with Crippen LogP contribution in [-0.2, 0) is 18.9 Å². The summed E-state index contributed by atoms with van der Waals surface area (Å²) in [4.78, 5) is 66.1. The molecule has 3 heterocycles. The van der Waals surface area contributed by atoms with Crippen LogP contribution in [0.3, 0.4) is 0 Å². The first-order chi connectivity index (χ1) is 25.0. The highest BCUT2D eigenvalue weighted by Gasteiger charge is 2.52. The van der Waals surface area contributed by atoms with Crippen LogP contribution in [0.15, 0.2) is 134 Å². The number of nitrogens with zero attached hydrogens (tertiary/aromatic N) is 4. The Morgan fingerprint density at radius 1 is 0.627 bits per heavy atom. The van der Waals surface area contributed by atoms with Crippen LogP contribution >= 0.6 is 0 Å². The number of hydrogen-bond donors (Lipinski definition) is 1. The van der Waals surface area contributed by atoms with E-state index in [2.05, 4.69) is 20.3 Å². The number of rotatable bonds is 10. The third kappa shape index (κ3) is 7.19. The molecular formula is C38H29N5O8. The molecule has 1 saturated heterocycles. The maximum atomic E-state index is 13.5. The second kappa shape index (κ2) is 14.8. The number of fused-ring (bicyclic) bond motifs is 1. The molecule has 0 saturated carbocycles. The molecule has 0 spiro atoms. The van der Waals surface area contributed by atoms with E-state index in [1.165, 1.54) is 17.2 Å². The summed E-state index contributed by atoms with van der Waals surface area (Å²) in [5.41, 5.74) is 1.64. The predicted octanol–water partition coefficient (Wildman–Crippen LogP) is 5.28. The van der Waals surface area contributed by atoms with Crippen molar-refractivity contribution in [2.24, 2.45) is 0 Å². The lowest BCUT2D eigenvalue weighted by Crippen LogP contribution is -2.41. The molecule has 1 amide bonds. The van der Waals surface area contributed by atoms with Gasteiger partial charge in [-0.25, -0.2) is 29.3 Å². The Balaban J connectivity index is 1.25. The molecule has 0 aliphatic carbocycles. The molecule has 2 aromatic heterocycles. The average molecular weight is 684 g/mol. The van der Waals surface area contributed by atoms with Crippen molar-refractivity contribution in [3.63, 3.8) is 0 Å². The summed E-state index contributed by atoms with van der Waals surface area (Å²) < 4.78 is 25.6. The Kier molecular flexibility index (Phi) is 9.52. The molecule has 4 unspecified atom stereocenters. The first-order valence-electron chi connectivity index (χ1n) is 15.9. The number of carbonyl (C=O) groups excluding carboxylic acids is 4. The second-order valence-electron chi connectivity index (χ2n) is 11.4. The molecule has 4 aromatic carbocycles. The number of esters is 3. The molecule has 1 fully saturated rings. The van der Waals surface area contributed by atoms with Crippen molar-refractivity contribution >= 4 is 40.8 Å². The molecule has 13 heteroatoms. The van der Waals surface area contributed by atoms with Crippen molar-refractivity contribution < 1.29 is 38.1 Å². The third-order valence-electron chi connectivity index (χ3n) is 8.08. The largest absolute Gasteiger partial charge is 0.459 e. The van der Waals surface area contributed by atoms with Gasteiger partial charge in [0.05, 0.1) is 23.0 Å². The van der Waals surface area contributed by atoms with Crippen LogP contribution < -0.4 is 5.32 Å². The predicted molar refractivity (Wildman–Crippen MR) is 182 cm³/mol. The lowest BCUT2D eigenvalue weighted by molar-refractivity contribution is -0.0606. The van der Waals surface area contributed by atoms with Crippen molar-refractivity contribution in [2.45, 2.75) is 24.5 Å². The summed E-state index contributed by atoms with van der Waals surface area (Å²) in [6, 6.07) is 33.5. The summed E-state index contributed by atoms with van der Waals surface area (Å²) in [5.74, 6) is -2.34. The Hall–Kier alpha value is -6.73. The molecule has 1 aliphatic rings. The number of amides is 1. The van der Waals surface area contributed by atoms with Crippen LogP contribution in [0.1, 0.15) is 47.7 Å². The zero-order chi connectivity index (χ0) is 35.2. The van der Waals surface area contributed by atoms with Crippen molar-refractivity contribution in [1.29, 1.82) is 0 Å². The van der Waals surface area contributed by atoms with Crippen LogP contribution in [0.2, 0.25) is 0 Å². The molecule has 51 heavy (non-hydrogen) atoms. The number of imidazole rings is 1. The summed E-state index contributed by atoms with van der Waals surface area (Å²) in [6.07, 6.45) is -2.23. The van der Waals surface area contributed by atoms with Crippen LogP contribution in [0, 0.1) is 0 Å². The number of benzene rings is 4. The number of aromatic nitrogens is 4. The Bertz CT molecular complexity index is 2160. The topological polar surface area (TPSA) is 161 Å². The van der Waals surface area contributed by atoms with E-state index in [0.29, 0.717) is 11.1 Å². The summed E-state index contributed by atoms with van der Waals surface area (Å²) >= 11 is 0. The number of carbonyl (C=O) groups is 4. The van der Waals surface area contributed by atoms with Gasteiger partial charge in [-0.15, -0.1) is 0 Å². The normalized spacial score (nSPS) is 18.1. The maximum Gasteiger partial charge on any atom is 0.338 e. The fraction of sp³-hybridized carbons (Fsp3) is 0.132. The summed E-state index contributed by atoms with van der Waals surface area (Å²) in [5, 5.41) is 2.76. The van der Waals surface area contributed by atoms with Gasteiger partial charge in [-0.1, -0.05) is 72.8 Å². The van der Waals surface area contributed by atoms with Crippen LogP contribution in [0.5, 0.6) is 0 Å². The van der Waals surface area contributed by atoms with Crippen LogP contribution in [0.25, 0.3) is 11.2 Å². The zero-order valence-corrected chi connectivity index (χ0v) is 26.8. The van der Waals surface area contributed by atoms with Crippen molar-refractivity contribution in [3.05, 3.63) is 156 Å². The van der Waals surface area contributed by atoms with Crippen molar-refractivity contribution in [3.8, 4) is 0 Å². The fourth-order valence-corrected chi connectivity index (χ4v) is 5.58. The van der Waals surface area contributed by atoms with Gasteiger partial charge in [0.15, 0.2) is 35.4 Å². The second-order valence-corrected chi connectivity index (χ2v) is 11.4. The number of ether oxygens (including phenoxy) is 4. The number of hydrogen-bond acceptors (Lipinski definition) is 11. The van der Waals surface area contributed by atoms with E-state index < -0.39 is 48.4 Å². The van der Waals surface area contributed by atoms with Crippen molar-refractivity contribution in [1.82, 2.24) is 19.5 Å². The van der Waals surface area contributed by atoms with E-state index in [-0.39, 0.29) is 34.7 Å². The maximum absolute atomic E-state index is 13.5. The van der Waals surface area contributed by atoms with Crippen LogP contribution in [-0.4, -0.2) is 68.3 Å². The molecule has 1 aliphatic heterocycles. The van der Waals surface area contributed by atoms with Gasteiger partial charge in [0.25, 0.3) is 5.91 Å². The molecule has 1 N–H and O–H groups in total. The smallest absolute Gasteiger partial charge is 0.338 e. The number of nitrogens with one attached hydrogen (secondary N) is 1. The molecule has 0 bridgehead atoms. The van der Waals surface area contributed by atoms with Gasteiger partial charge in [-0.3, -0.25) is 9.36 Å². The molecular weight excluding hydrogens is 654 g/mol. The highest BCUT2D eigenvalue weighted by molar-refractivity contribution is 6.06. The SMILES string of the molecule is O=C(Nc1ncnc2c1ncn2C1OC(COC(=O)c2ccccc2)C(OC(=O)c2ccccc2)C1OC(=O)c1ccccc1)c1ccccc1. The Morgan fingerprint density at radius 3 is 1.71 bits per heavy atom. The van der Waals surface area contributed by atoms with Gasteiger partial charge in [-0.05, 0) is 48.5 Å². The molecule has 0 radical (unpaired) electrons. The first-order valence-corrected chi connectivity index (χ1v) is 15.9. The van der Waals surface area contributed by atoms with Gasteiger partial charge in [0.1, 0.15) is 19.0 Å². The third-order valence-corrected chi connectivity index (χ3v) is 8.08. The van der Waals surface area contributed by atoms with Gasteiger partial charge < -0.3 is 24.3 Å². The van der Waals surface area contributed by atoms with E-state index in [1.807, 2.05) is 0 Å². The minimum Gasteiger partial charge on any atom is -0.459 e. The lowest BCUT2D eigenvalue weighted by atomic mass is 10.1. The molecule has 13 nitrogen and oxygen atoms in total.